The summed E-state index contributed by atoms with van der Waals surface area (Å²) in [6.07, 6.45) is 5.96. The quantitative estimate of drug-likeness (QED) is 0.899. The zero-order chi connectivity index (χ0) is 16.5. The molecular formula is C17H22N6O. The van der Waals surface area contributed by atoms with Crippen LogP contribution in [-0.4, -0.2) is 38.2 Å². The van der Waals surface area contributed by atoms with Crippen LogP contribution in [0.4, 0.5) is 5.69 Å². The van der Waals surface area contributed by atoms with E-state index >= 15 is 0 Å². The number of fused-ring (bicyclic) bond motifs is 1. The zero-order valence-electron chi connectivity index (χ0n) is 13.8. The van der Waals surface area contributed by atoms with Crippen LogP contribution >= 0.6 is 0 Å². The van der Waals surface area contributed by atoms with Crippen molar-refractivity contribution < 1.29 is 4.79 Å². The highest BCUT2D eigenvalue weighted by Crippen LogP contribution is 2.33. The van der Waals surface area contributed by atoms with Crippen LogP contribution in [-0.2, 0) is 4.79 Å². The van der Waals surface area contributed by atoms with Crippen LogP contribution in [0.2, 0.25) is 0 Å². The molecule has 1 saturated heterocycles. The van der Waals surface area contributed by atoms with Gasteiger partial charge in [0.05, 0.1) is 11.7 Å². The van der Waals surface area contributed by atoms with Crippen LogP contribution < -0.4 is 10.6 Å². The van der Waals surface area contributed by atoms with Crippen LogP contribution in [0.5, 0.6) is 0 Å². The molecule has 2 N–H and O–H groups in total. The minimum absolute atomic E-state index is 0.0509. The van der Waals surface area contributed by atoms with E-state index in [2.05, 4.69) is 26.2 Å². The van der Waals surface area contributed by atoms with Crippen molar-refractivity contribution in [1.29, 1.82) is 0 Å². The van der Waals surface area contributed by atoms with Gasteiger partial charge in [-0.2, -0.15) is 4.68 Å². The summed E-state index contributed by atoms with van der Waals surface area (Å²) >= 11 is 0. The van der Waals surface area contributed by atoms with Crippen molar-refractivity contribution in [3.05, 3.63) is 30.1 Å². The van der Waals surface area contributed by atoms with Crippen LogP contribution in [0.1, 0.15) is 37.9 Å². The van der Waals surface area contributed by atoms with Gasteiger partial charge in [-0.1, -0.05) is 18.9 Å². The summed E-state index contributed by atoms with van der Waals surface area (Å²) in [4.78, 5) is 12.6. The topological polar surface area (TPSA) is 84.7 Å². The largest absolute Gasteiger partial charge is 0.325 e. The van der Waals surface area contributed by atoms with E-state index in [1.54, 1.807) is 4.68 Å². The van der Waals surface area contributed by atoms with Gasteiger partial charge in [0.25, 0.3) is 0 Å². The third kappa shape index (κ3) is 2.91. The standard InChI is InChI=1S/C17H22N6O/c1-11-20-21-22-23(11)14-7-4-6-13(10-14)18-17(24)16-9-12-5-2-3-8-15(12)19-16/h4,6-7,10,12,15-16,19H,2-3,5,8-9H2,1H3,(H,18,24). The number of benzene rings is 1. The van der Waals surface area contributed by atoms with Gasteiger partial charge in [0, 0.05) is 11.7 Å². The average molecular weight is 326 g/mol. The number of hydrogen-bond donors (Lipinski definition) is 2. The molecule has 1 amide bonds. The third-order valence-corrected chi connectivity index (χ3v) is 5.16. The van der Waals surface area contributed by atoms with E-state index in [-0.39, 0.29) is 11.9 Å². The lowest BCUT2D eigenvalue weighted by molar-refractivity contribution is -0.117. The smallest absolute Gasteiger partial charge is 0.241 e. The molecule has 0 spiro atoms. The summed E-state index contributed by atoms with van der Waals surface area (Å²) in [5, 5.41) is 18.1. The Hall–Kier alpha value is -2.28. The number of amides is 1. The van der Waals surface area contributed by atoms with Gasteiger partial charge in [0.15, 0.2) is 5.82 Å². The van der Waals surface area contributed by atoms with Crippen molar-refractivity contribution in [2.45, 2.75) is 51.1 Å². The van der Waals surface area contributed by atoms with E-state index in [0.717, 1.165) is 17.8 Å². The first-order valence-electron chi connectivity index (χ1n) is 8.63. The number of aryl methyl sites for hydroxylation is 1. The molecule has 1 aliphatic heterocycles. The third-order valence-electron chi connectivity index (χ3n) is 5.16. The van der Waals surface area contributed by atoms with Crippen molar-refractivity contribution in [3.8, 4) is 5.69 Å². The maximum absolute atomic E-state index is 12.6. The molecule has 0 bridgehead atoms. The highest BCUT2D eigenvalue weighted by Gasteiger charge is 2.38. The number of rotatable bonds is 3. The number of tetrazole rings is 1. The summed E-state index contributed by atoms with van der Waals surface area (Å²) in [6.45, 7) is 1.84. The van der Waals surface area contributed by atoms with Crippen molar-refractivity contribution in [1.82, 2.24) is 25.5 Å². The number of carbonyl (C=O) groups excluding carboxylic acids is 1. The predicted molar refractivity (Wildman–Crippen MR) is 89.8 cm³/mol. The number of anilines is 1. The number of carbonyl (C=O) groups is 1. The zero-order valence-corrected chi connectivity index (χ0v) is 13.8. The van der Waals surface area contributed by atoms with Crippen molar-refractivity contribution >= 4 is 11.6 Å². The minimum atomic E-state index is -0.0865. The fourth-order valence-electron chi connectivity index (χ4n) is 3.94. The van der Waals surface area contributed by atoms with E-state index in [9.17, 15) is 4.79 Å². The average Bonchev–Trinajstić information content (AvgIpc) is 3.21. The Balaban J connectivity index is 1.46. The van der Waals surface area contributed by atoms with Crippen molar-refractivity contribution in [2.24, 2.45) is 5.92 Å². The maximum atomic E-state index is 12.6. The van der Waals surface area contributed by atoms with Crippen LogP contribution in [0.25, 0.3) is 5.69 Å². The lowest BCUT2D eigenvalue weighted by atomic mass is 9.85. The van der Waals surface area contributed by atoms with Gasteiger partial charge in [0.2, 0.25) is 5.91 Å². The fraction of sp³-hybridized carbons (Fsp3) is 0.529. The molecule has 1 saturated carbocycles. The Morgan fingerprint density at radius 1 is 1.33 bits per heavy atom. The lowest BCUT2D eigenvalue weighted by Crippen LogP contribution is -2.39. The van der Waals surface area contributed by atoms with E-state index in [0.29, 0.717) is 17.8 Å². The first kappa shape index (κ1) is 15.3. The molecule has 2 aromatic rings. The van der Waals surface area contributed by atoms with Gasteiger partial charge in [-0.3, -0.25) is 4.79 Å². The van der Waals surface area contributed by atoms with Gasteiger partial charge < -0.3 is 10.6 Å². The van der Waals surface area contributed by atoms with E-state index in [4.69, 9.17) is 0 Å². The highest BCUT2D eigenvalue weighted by atomic mass is 16.2. The van der Waals surface area contributed by atoms with Crippen molar-refractivity contribution in [3.63, 3.8) is 0 Å². The molecule has 1 aliphatic carbocycles. The molecule has 126 valence electrons. The molecule has 7 nitrogen and oxygen atoms in total. The summed E-state index contributed by atoms with van der Waals surface area (Å²) in [6, 6.07) is 8.03. The predicted octanol–water partition coefficient (Wildman–Crippen LogP) is 1.83. The molecule has 4 rings (SSSR count). The van der Waals surface area contributed by atoms with Crippen LogP contribution in [0.15, 0.2) is 24.3 Å². The second-order valence-corrected chi connectivity index (χ2v) is 6.78. The van der Waals surface area contributed by atoms with Gasteiger partial charge >= 0.3 is 0 Å². The monoisotopic (exact) mass is 326 g/mol. The Labute approximate surface area is 140 Å². The van der Waals surface area contributed by atoms with Gasteiger partial charge in [-0.05, 0) is 60.7 Å². The summed E-state index contributed by atoms with van der Waals surface area (Å²) in [5.74, 6) is 1.42. The van der Waals surface area contributed by atoms with Crippen molar-refractivity contribution in [2.75, 3.05) is 5.32 Å². The molecule has 3 unspecified atom stereocenters. The molecule has 2 heterocycles. The Morgan fingerprint density at radius 3 is 3.00 bits per heavy atom. The summed E-state index contributed by atoms with van der Waals surface area (Å²) < 4.78 is 1.65. The molecule has 1 aromatic carbocycles. The first-order chi connectivity index (χ1) is 11.7. The van der Waals surface area contributed by atoms with Gasteiger partial charge in [-0.25, -0.2) is 0 Å². The SMILES string of the molecule is Cc1nnnn1-c1cccc(NC(=O)C2CC3CCCCC3N2)c1. The molecular weight excluding hydrogens is 304 g/mol. The Bertz CT molecular complexity index is 728. The maximum Gasteiger partial charge on any atom is 0.241 e. The van der Waals surface area contributed by atoms with Crippen LogP contribution in [0.3, 0.4) is 0 Å². The molecule has 0 radical (unpaired) electrons. The number of aromatic nitrogens is 4. The van der Waals surface area contributed by atoms with E-state index < -0.39 is 0 Å². The molecule has 24 heavy (non-hydrogen) atoms. The minimum Gasteiger partial charge on any atom is -0.325 e. The molecule has 2 aliphatic rings. The van der Waals surface area contributed by atoms with Gasteiger partial charge in [0.1, 0.15) is 0 Å². The van der Waals surface area contributed by atoms with Crippen LogP contribution in [0, 0.1) is 12.8 Å². The first-order valence-corrected chi connectivity index (χ1v) is 8.63. The Morgan fingerprint density at radius 2 is 2.21 bits per heavy atom. The molecule has 1 aromatic heterocycles. The number of nitrogens with zero attached hydrogens (tertiary/aromatic N) is 4. The fourth-order valence-corrected chi connectivity index (χ4v) is 3.94. The molecule has 2 fully saturated rings. The molecule has 3 atom stereocenters. The normalized spacial score (nSPS) is 26.1. The second kappa shape index (κ2) is 6.32. The van der Waals surface area contributed by atoms with Gasteiger partial charge in [-0.15, -0.1) is 5.10 Å². The summed E-state index contributed by atoms with van der Waals surface area (Å²) in [7, 11) is 0. The number of nitrogens with one attached hydrogen (secondary N) is 2. The van der Waals surface area contributed by atoms with E-state index in [1.165, 1.54) is 25.7 Å². The number of hydrogen-bond acceptors (Lipinski definition) is 5. The summed E-state index contributed by atoms with van der Waals surface area (Å²) in [5.41, 5.74) is 1.60. The Kier molecular flexibility index (Phi) is 4.02. The lowest BCUT2D eigenvalue weighted by Gasteiger charge is -2.24. The molecule has 7 heteroatoms. The second-order valence-electron chi connectivity index (χ2n) is 6.78. The highest BCUT2D eigenvalue weighted by molar-refractivity contribution is 5.95. The van der Waals surface area contributed by atoms with E-state index in [1.807, 2.05) is 31.2 Å².